The Morgan fingerprint density at radius 1 is 1.00 bits per heavy atom. The molecule has 1 fully saturated rings. The lowest BCUT2D eigenvalue weighted by molar-refractivity contribution is -0.136. The maximum Gasteiger partial charge on any atom is 0.355 e. The predicted octanol–water partition coefficient (Wildman–Crippen LogP) is 2.70. The number of aromatic amines is 1. The number of nitrogens with one attached hydrogen (secondary N) is 1. The van der Waals surface area contributed by atoms with E-state index in [1.54, 1.807) is 32.6 Å². The third-order valence-corrected chi connectivity index (χ3v) is 5.49. The highest BCUT2D eigenvalue weighted by molar-refractivity contribution is 5.99. The van der Waals surface area contributed by atoms with Gasteiger partial charge in [-0.15, -0.1) is 0 Å². The zero-order chi connectivity index (χ0) is 23.3. The number of rotatable bonds is 7. The molecule has 0 spiro atoms. The maximum absolute atomic E-state index is 12.5. The van der Waals surface area contributed by atoms with Crippen LogP contribution in [0.5, 0.6) is 0 Å². The number of aromatic nitrogens is 1. The van der Waals surface area contributed by atoms with E-state index in [4.69, 9.17) is 9.47 Å². The summed E-state index contributed by atoms with van der Waals surface area (Å²) in [5.74, 6) is -1.38. The molecule has 2 heterocycles. The van der Waals surface area contributed by atoms with Gasteiger partial charge in [0.05, 0.1) is 11.7 Å². The molecule has 0 radical (unpaired) electrons. The van der Waals surface area contributed by atoms with Crippen molar-refractivity contribution in [3.05, 3.63) is 58.4 Å². The number of carbonyl (C=O) groups excluding carboxylic acids is 3. The van der Waals surface area contributed by atoms with Crippen molar-refractivity contribution in [2.24, 2.45) is 0 Å². The van der Waals surface area contributed by atoms with Gasteiger partial charge in [0.25, 0.3) is 5.91 Å². The molecular weight excluding hydrogens is 410 g/mol. The van der Waals surface area contributed by atoms with Crippen LogP contribution in [0.1, 0.15) is 51.5 Å². The molecule has 1 aliphatic heterocycles. The summed E-state index contributed by atoms with van der Waals surface area (Å²) >= 11 is 0. The first-order valence-electron chi connectivity index (χ1n) is 10.9. The number of H-pyrrole nitrogens is 1. The Kier molecular flexibility index (Phi) is 7.69. The van der Waals surface area contributed by atoms with Crippen LogP contribution in [0.25, 0.3) is 0 Å². The van der Waals surface area contributed by atoms with Crippen molar-refractivity contribution >= 4 is 17.8 Å². The fraction of sp³-hybridized carbons (Fsp3) is 0.458. The second kappa shape index (κ2) is 10.5. The molecule has 8 heteroatoms. The lowest BCUT2D eigenvalue weighted by Crippen LogP contribution is -2.49. The summed E-state index contributed by atoms with van der Waals surface area (Å²) in [5, 5.41) is 0. The molecule has 0 atom stereocenters. The van der Waals surface area contributed by atoms with Gasteiger partial charge >= 0.3 is 11.9 Å². The third-order valence-electron chi connectivity index (χ3n) is 5.49. The monoisotopic (exact) mass is 441 g/mol. The molecule has 1 saturated heterocycles. The van der Waals surface area contributed by atoms with Gasteiger partial charge in [0, 0.05) is 38.4 Å². The fourth-order valence-electron chi connectivity index (χ4n) is 3.82. The van der Waals surface area contributed by atoms with E-state index in [0.29, 0.717) is 29.9 Å². The number of hydrogen-bond donors (Lipinski definition) is 1. The summed E-state index contributed by atoms with van der Waals surface area (Å²) in [7, 11) is 0. The molecule has 2 aromatic rings. The first-order chi connectivity index (χ1) is 15.3. The normalized spacial score (nSPS) is 14.5. The van der Waals surface area contributed by atoms with E-state index in [1.165, 1.54) is 5.56 Å². The SMILES string of the molecule is Cc1[nH]c(C(=O)OCC(=O)N2CCN(Cc3ccccc3)CC2)c(C)c1C(=O)OC(C)C. The van der Waals surface area contributed by atoms with Crippen LogP contribution in [0.2, 0.25) is 0 Å². The summed E-state index contributed by atoms with van der Waals surface area (Å²) in [5.41, 5.74) is 2.72. The maximum atomic E-state index is 12.5. The van der Waals surface area contributed by atoms with Crippen LogP contribution in [0.4, 0.5) is 0 Å². The van der Waals surface area contributed by atoms with Crippen molar-refractivity contribution < 1.29 is 23.9 Å². The largest absolute Gasteiger partial charge is 0.459 e. The summed E-state index contributed by atoms with van der Waals surface area (Å²) in [6.45, 7) is 10.1. The Morgan fingerprint density at radius 3 is 2.28 bits per heavy atom. The van der Waals surface area contributed by atoms with E-state index in [1.807, 2.05) is 18.2 Å². The average molecular weight is 442 g/mol. The highest BCUT2D eigenvalue weighted by Crippen LogP contribution is 2.20. The summed E-state index contributed by atoms with van der Waals surface area (Å²) in [4.78, 5) is 44.3. The molecule has 1 aliphatic rings. The molecule has 1 aromatic carbocycles. The van der Waals surface area contributed by atoms with E-state index in [2.05, 4.69) is 22.0 Å². The van der Waals surface area contributed by atoms with Gasteiger partial charge in [0.15, 0.2) is 6.61 Å². The van der Waals surface area contributed by atoms with E-state index in [0.717, 1.165) is 19.6 Å². The Balaban J connectivity index is 1.50. The highest BCUT2D eigenvalue weighted by Gasteiger charge is 2.26. The highest BCUT2D eigenvalue weighted by atomic mass is 16.5. The number of piperazine rings is 1. The number of hydrogen-bond acceptors (Lipinski definition) is 6. The molecule has 0 unspecified atom stereocenters. The molecule has 32 heavy (non-hydrogen) atoms. The molecule has 1 N–H and O–H groups in total. The Labute approximate surface area is 188 Å². The van der Waals surface area contributed by atoms with Crippen molar-refractivity contribution in [3.63, 3.8) is 0 Å². The molecular formula is C24H31N3O5. The number of benzene rings is 1. The first kappa shape index (κ1) is 23.5. The minimum atomic E-state index is -0.662. The van der Waals surface area contributed by atoms with Crippen LogP contribution >= 0.6 is 0 Å². The molecule has 8 nitrogen and oxygen atoms in total. The number of ether oxygens (including phenoxy) is 2. The van der Waals surface area contributed by atoms with Gasteiger partial charge < -0.3 is 19.4 Å². The molecule has 0 bridgehead atoms. The van der Waals surface area contributed by atoms with E-state index in [9.17, 15) is 14.4 Å². The van der Waals surface area contributed by atoms with Gasteiger partial charge in [-0.25, -0.2) is 9.59 Å². The zero-order valence-electron chi connectivity index (χ0n) is 19.1. The smallest absolute Gasteiger partial charge is 0.355 e. The van der Waals surface area contributed by atoms with Gasteiger partial charge in [-0.1, -0.05) is 30.3 Å². The van der Waals surface area contributed by atoms with Crippen LogP contribution in [-0.4, -0.2) is 71.5 Å². The third kappa shape index (κ3) is 5.76. The average Bonchev–Trinajstić information content (AvgIpc) is 3.06. The van der Waals surface area contributed by atoms with Crippen molar-refractivity contribution in [1.29, 1.82) is 0 Å². The van der Waals surface area contributed by atoms with Gasteiger partial charge in [-0.05, 0) is 38.8 Å². The number of carbonyl (C=O) groups is 3. The lowest BCUT2D eigenvalue weighted by Gasteiger charge is -2.34. The van der Waals surface area contributed by atoms with Gasteiger partial charge in [-0.2, -0.15) is 0 Å². The molecule has 0 saturated carbocycles. The van der Waals surface area contributed by atoms with Gasteiger partial charge in [0.1, 0.15) is 5.69 Å². The van der Waals surface area contributed by atoms with E-state index < -0.39 is 11.9 Å². The molecule has 3 rings (SSSR count). The summed E-state index contributed by atoms with van der Waals surface area (Å²) < 4.78 is 10.5. The topological polar surface area (TPSA) is 91.9 Å². The van der Waals surface area contributed by atoms with Crippen molar-refractivity contribution in [3.8, 4) is 0 Å². The fourth-order valence-corrected chi connectivity index (χ4v) is 3.82. The van der Waals surface area contributed by atoms with Crippen LogP contribution in [0.3, 0.4) is 0 Å². The minimum absolute atomic E-state index is 0.165. The van der Waals surface area contributed by atoms with Crippen molar-refractivity contribution in [2.75, 3.05) is 32.8 Å². The van der Waals surface area contributed by atoms with Gasteiger partial charge in [0.2, 0.25) is 0 Å². The Bertz CT molecular complexity index is 960. The van der Waals surface area contributed by atoms with Gasteiger partial charge in [-0.3, -0.25) is 9.69 Å². The number of esters is 2. The Morgan fingerprint density at radius 2 is 1.66 bits per heavy atom. The molecule has 172 valence electrons. The van der Waals surface area contributed by atoms with E-state index in [-0.39, 0.29) is 24.3 Å². The second-order valence-electron chi connectivity index (χ2n) is 8.30. The predicted molar refractivity (Wildman–Crippen MR) is 119 cm³/mol. The van der Waals surface area contributed by atoms with Crippen LogP contribution in [0.15, 0.2) is 30.3 Å². The van der Waals surface area contributed by atoms with Crippen molar-refractivity contribution in [1.82, 2.24) is 14.8 Å². The molecule has 1 amide bonds. The quantitative estimate of drug-likeness (QED) is 0.665. The summed E-state index contributed by atoms with van der Waals surface area (Å²) in [6, 6.07) is 10.2. The number of aryl methyl sites for hydroxylation is 1. The first-order valence-corrected chi connectivity index (χ1v) is 10.9. The van der Waals surface area contributed by atoms with Crippen LogP contribution < -0.4 is 0 Å². The standard InChI is InChI=1S/C24H31N3O5/c1-16(2)32-23(29)21-17(3)22(25-18(21)4)24(30)31-15-20(28)27-12-10-26(11-13-27)14-19-8-6-5-7-9-19/h5-9,16,25H,10-15H2,1-4H3. The van der Waals surface area contributed by atoms with Crippen LogP contribution in [0, 0.1) is 13.8 Å². The Hall–Kier alpha value is -3.13. The lowest BCUT2D eigenvalue weighted by atomic mass is 10.1. The second-order valence-corrected chi connectivity index (χ2v) is 8.30. The number of amides is 1. The molecule has 1 aromatic heterocycles. The van der Waals surface area contributed by atoms with Crippen molar-refractivity contribution in [2.45, 2.75) is 40.3 Å². The zero-order valence-corrected chi connectivity index (χ0v) is 19.1. The minimum Gasteiger partial charge on any atom is -0.459 e. The summed E-state index contributed by atoms with van der Waals surface area (Å²) in [6.07, 6.45) is -0.266. The van der Waals surface area contributed by atoms with E-state index >= 15 is 0 Å². The molecule has 0 aliphatic carbocycles. The van der Waals surface area contributed by atoms with Crippen LogP contribution in [-0.2, 0) is 20.8 Å². The number of nitrogens with zero attached hydrogens (tertiary/aromatic N) is 2.